The highest BCUT2D eigenvalue weighted by Gasteiger charge is 2.23. The number of ether oxygens (including phenoxy) is 1. The van der Waals surface area contributed by atoms with E-state index in [-0.39, 0.29) is 0 Å². The predicted molar refractivity (Wildman–Crippen MR) is 52.8 cm³/mol. The Morgan fingerprint density at radius 2 is 2.07 bits per heavy atom. The van der Waals surface area contributed by atoms with Crippen LogP contribution >= 0.6 is 0 Å². The molecule has 1 heterocycles. The van der Waals surface area contributed by atoms with Crippen LogP contribution in [-0.4, -0.2) is 30.2 Å². The van der Waals surface area contributed by atoms with Crippen LogP contribution in [0.5, 0.6) is 0 Å². The van der Waals surface area contributed by atoms with Crippen LogP contribution in [-0.2, 0) is 4.74 Å². The molecule has 0 aromatic carbocycles. The zero-order valence-electron chi connectivity index (χ0n) is 8.19. The largest absolute Gasteiger partial charge is 0.462 e. The molecule has 0 amide bonds. The first-order chi connectivity index (χ1) is 6.90. The average Bonchev–Trinajstić information content (AvgIpc) is 2.67. The van der Waals surface area contributed by atoms with Crippen LogP contribution in [0, 0.1) is 4.91 Å². The Labute approximate surface area is 83.1 Å². The van der Waals surface area contributed by atoms with Gasteiger partial charge in [-0.1, -0.05) is 19.3 Å². The topological polar surface area (TPSA) is 54.3 Å². The van der Waals surface area contributed by atoms with Gasteiger partial charge >= 0.3 is 6.02 Å². The molecule has 0 N–H and O–H groups in total. The molecule has 0 aromatic heterocycles. The van der Waals surface area contributed by atoms with Crippen LogP contribution in [0.4, 0.5) is 0 Å². The number of nitrogens with zero attached hydrogens (tertiary/aromatic N) is 3. The summed E-state index contributed by atoms with van der Waals surface area (Å²) in [4.78, 5) is 14.8. The second-order valence-electron chi connectivity index (χ2n) is 3.76. The van der Waals surface area contributed by atoms with E-state index in [2.05, 4.69) is 10.3 Å². The molecule has 1 saturated heterocycles. The lowest BCUT2D eigenvalue weighted by atomic mass is 9.96. The fourth-order valence-corrected chi connectivity index (χ4v) is 1.94. The van der Waals surface area contributed by atoms with Crippen molar-refractivity contribution in [3.63, 3.8) is 0 Å². The number of hydrogen-bond acceptors (Lipinski definition) is 4. The van der Waals surface area contributed by atoms with Crippen LogP contribution in [0.1, 0.15) is 32.1 Å². The van der Waals surface area contributed by atoms with Gasteiger partial charge in [0.1, 0.15) is 6.61 Å². The van der Waals surface area contributed by atoms with Gasteiger partial charge < -0.3 is 4.74 Å². The maximum atomic E-state index is 10.4. The van der Waals surface area contributed by atoms with E-state index >= 15 is 0 Å². The van der Waals surface area contributed by atoms with E-state index in [1.165, 1.54) is 24.3 Å². The van der Waals surface area contributed by atoms with Crippen molar-refractivity contribution in [1.82, 2.24) is 5.01 Å². The fraction of sp³-hybridized carbons (Fsp3) is 0.889. The van der Waals surface area contributed by atoms with Crippen molar-refractivity contribution in [1.29, 1.82) is 0 Å². The molecule has 1 saturated carbocycles. The van der Waals surface area contributed by atoms with Gasteiger partial charge in [0, 0.05) is 0 Å². The van der Waals surface area contributed by atoms with Crippen LogP contribution in [0.25, 0.3) is 0 Å². The van der Waals surface area contributed by atoms with Crippen LogP contribution < -0.4 is 0 Å². The smallest absolute Gasteiger partial charge is 0.311 e. The highest BCUT2D eigenvalue weighted by molar-refractivity contribution is 5.75. The number of nitroso groups, excluding NO2 is 1. The van der Waals surface area contributed by atoms with Gasteiger partial charge in [-0.05, 0) is 12.8 Å². The van der Waals surface area contributed by atoms with Gasteiger partial charge in [0.15, 0.2) is 0 Å². The van der Waals surface area contributed by atoms with Crippen molar-refractivity contribution < 1.29 is 4.74 Å². The van der Waals surface area contributed by atoms with E-state index in [4.69, 9.17) is 4.74 Å². The molecule has 1 aliphatic heterocycles. The molecule has 2 aliphatic rings. The SMILES string of the molecule is O=NN1CCOC1=NC1CCCCC1. The normalized spacial score (nSPS) is 26.6. The Kier molecular flexibility index (Phi) is 2.96. The maximum absolute atomic E-state index is 10.4. The standard InChI is InChI=1S/C9H15N3O2/c13-11-12-6-7-14-9(12)10-8-4-2-1-3-5-8/h8H,1-7H2. The summed E-state index contributed by atoms with van der Waals surface area (Å²) in [6.45, 7) is 1.06. The highest BCUT2D eigenvalue weighted by Crippen LogP contribution is 2.21. The van der Waals surface area contributed by atoms with E-state index < -0.39 is 0 Å². The van der Waals surface area contributed by atoms with Gasteiger partial charge in [-0.3, -0.25) is 0 Å². The van der Waals surface area contributed by atoms with E-state index in [1.807, 2.05) is 0 Å². The van der Waals surface area contributed by atoms with Crippen molar-refractivity contribution in [2.24, 2.45) is 10.3 Å². The highest BCUT2D eigenvalue weighted by atomic mass is 16.5. The summed E-state index contributed by atoms with van der Waals surface area (Å²) in [6, 6.07) is 0.757. The Bertz CT molecular complexity index is 236. The minimum atomic E-state index is 0.334. The second-order valence-corrected chi connectivity index (χ2v) is 3.76. The van der Waals surface area contributed by atoms with E-state index in [1.54, 1.807) is 0 Å². The monoisotopic (exact) mass is 197 g/mol. The van der Waals surface area contributed by atoms with Crippen molar-refractivity contribution in [3.05, 3.63) is 4.91 Å². The van der Waals surface area contributed by atoms with Gasteiger partial charge in [0.05, 0.1) is 17.9 Å². The van der Waals surface area contributed by atoms with Gasteiger partial charge in [-0.15, -0.1) is 4.91 Å². The molecule has 5 heteroatoms. The van der Waals surface area contributed by atoms with E-state index in [9.17, 15) is 4.91 Å². The molecule has 1 aliphatic carbocycles. The number of aliphatic imine (C=N–C) groups is 1. The van der Waals surface area contributed by atoms with Gasteiger partial charge in [-0.2, -0.15) is 5.01 Å². The average molecular weight is 197 g/mol. The van der Waals surface area contributed by atoms with Gasteiger partial charge in [0.2, 0.25) is 0 Å². The minimum absolute atomic E-state index is 0.334. The van der Waals surface area contributed by atoms with E-state index in [0.29, 0.717) is 25.2 Å². The van der Waals surface area contributed by atoms with Gasteiger partial charge in [-0.25, -0.2) is 4.99 Å². The first-order valence-electron chi connectivity index (χ1n) is 5.21. The molecule has 0 bridgehead atoms. The molecule has 14 heavy (non-hydrogen) atoms. The predicted octanol–water partition coefficient (Wildman–Crippen LogP) is 1.69. The lowest BCUT2D eigenvalue weighted by molar-refractivity contribution is 0.341. The lowest BCUT2D eigenvalue weighted by Gasteiger charge is -2.18. The lowest BCUT2D eigenvalue weighted by Crippen LogP contribution is -2.22. The van der Waals surface area contributed by atoms with E-state index in [0.717, 1.165) is 12.8 Å². The van der Waals surface area contributed by atoms with Gasteiger partial charge in [0.25, 0.3) is 0 Å². The molecular weight excluding hydrogens is 182 g/mol. The third-order valence-corrected chi connectivity index (χ3v) is 2.72. The number of rotatable bonds is 2. The molecule has 78 valence electrons. The Morgan fingerprint density at radius 1 is 1.29 bits per heavy atom. The molecule has 0 aromatic rings. The summed E-state index contributed by atoms with van der Waals surface area (Å²) < 4.78 is 5.24. The minimum Gasteiger partial charge on any atom is -0.462 e. The van der Waals surface area contributed by atoms with Crippen molar-refractivity contribution in [2.45, 2.75) is 38.1 Å². The molecule has 2 rings (SSSR count). The summed E-state index contributed by atoms with van der Waals surface area (Å²) in [5.74, 6) is 0. The molecule has 0 atom stereocenters. The van der Waals surface area contributed by atoms with Crippen molar-refractivity contribution in [2.75, 3.05) is 13.2 Å². The molecule has 0 radical (unpaired) electrons. The Balaban J connectivity index is 1.97. The Morgan fingerprint density at radius 3 is 2.79 bits per heavy atom. The number of hydrogen-bond donors (Lipinski definition) is 0. The third kappa shape index (κ3) is 2.02. The van der Waals surface area contributed by atoms with Crippen molar-refractivity contribution in [3.8, 4) is 0 Å². The quantitative estimate of drug-likeness (QED) is 0.633. The molecule has 0 unspecified atom stereocenters. The second kappa shape index (κ2) is 4.39. The summed E-state index contributed by atoms with van der Waals surface area (Å²) in [5.41, 5.74) is 0. The first-order valence-corrected chi connectivity index (χ1v) is 5.21. The third-order valence-electron chi connectivity index (χ3n) is 2.72. The first kappa shape index (κ1) is 9.43. The fourth-order valence-electron chi connectivity index (χ4n) is 1.94. The summed E-state index contributed by atoms with van der Waals surface area (Å²) in [7, 11) is 0. The summed E-state index contributed by atoms with van der Waals surface area (Å²) in [5, 5.41) is 4.16. The summed E-state index contributed by atoms with van der Waals surface area (Å²) >= 11 is 0. The van der Waals surface area contributed by atoms with Crippen LogP contribution in [0.2, 0.25) is 0 Å². The molecule has 0 spiro atoms. The zero-order valence-corrected chi connectivity index (χ0v) is 8.19. The number of amidine groups is 1. The maximum Gasteiger partial charge on any atom is 0.311 e. The molecule has 2 fully saturated rings. The van der Waals surface area contributed by atoms with Crippen LogP contribution in [0.15, 0.2) is 10.3 Å². The van der Waals surface area contributed by atoms with Crippen molar-refractivity contribution >= 4 is 6.02 Å². The Hall–Kier alpha value is -1.13. The van der Waals surface area contributed by atoms with Crippen LogP contribution in [0.3, 0.4) is 0 Å². The summed E-state index contributed by atoms with van der Waals surface area (Å²) in [6.07, 6.45) is 5.99. The molecule has 5 nitrogen and oxygen atoms in total. The zero-order chi connectivity index (χ0) is 9.80. The molecular formula is C9H15N3O2.